The van der Waals surface area contributed by atoms with Crippen LogP contribution < -0.4 is 4.74 Å². The van der Waals surface area contributed by atoms with Gasteiger partial charge in [-0.3, -0.25) is 0 Å². The SMILES string of the molecule is COc1ccc(CO[C@H]([C@@H](C)[C@@H](CC[C@H](C)C[C@H](C)[C@H](O[Si](C)(C)C(C)(C)C)[C@H](C)/C=C\I)O[Si](C)(C)C(C)(C)C)[C@@H](C)CO[Si](C)(C)C(C)(C)C)cc1. The molecular weight excluding hydrogens is 832 g/mol. The van der Waals surface area contributed by atoms with Gasteiger partial charge in [0.15, 0.2) is 25.0 Å². The summed E-state index contributed by atoms with van der Waals surface area (Å²) in [6.45, 7) is 48.5. The Morgan fingerprint density at radius 2 is 1.17 bits per heavy atom. The standard InChI is InChI=1S/C45H87IO5Si3/c1-33(30-35(3)41(34(2)28-29-46)51-54(20,21)45(12,13)14)22-27-40(50-53(18,19)44(9,10)11)37(5)42(36(4)31-49-52(16,17)43(6,7)8)48-32-38-23-25-39(47-15)26-24-38/h23-26,28-29,33-37,40-42H,22,27,30-32H2,1-21H3/b29-28-/t33-,34+,35-,36-,37-,40+,41+,42-/m0/s1. The first-order valence-electron chi connectivity index (χ1n) is 20.9. The van der Waals surface area contributed by atoms with Crippen LogP contribution in [0.5, 0.6) is 5.75 Å². The van der Waals surface area contributed by atoms with Gasteiger partial charge < -0.3 is 22.8 Å². The molecule has 0 aliphatic rings. The largest absolute Gasteiger partial charge is 0.497 e. The van der Waals surface area contributed by atoms with Gasteiger partial charge in [0.1, 0.15) is 5.75 Å². The molecule has 1 rings (SSSR count). The summed E-state index contributed by atoms with van der Waals surface area (Å²) in [4.78, 5) is 0. The van der Waals surface area contributed by atoms with Gasteiger partial charge in [0.05, 0.1) is 32.0 Å². The van der Waals surface area contributed by atoms with E-state index in [-0.39, 0.29) is 45.3 Å². The van der Waals surface area contributed by atoms with Crippen molar-refractivity contribution in [3.63, 3.8) is 0 Å². The van der Waals surface area contributed by atoms with E-state index >= 15 is 0 Å². The van der Waals surface area contributed by atoms with Crippen molar-refractivity contribution in [3.8, 4) is 5.75 Å². The van der Waals surface area contributed by atoms with E-state index in [1.807, 2.05) is 12.1 Å². The van der Waals surface area contributed by atoms with Crippen molar-refractivity contribution in [2.75, 3.05) is 13.7 Å². The smallest absolute Gasteiger partial charge is 0.192 e. The summed E-state index contributed by atoms with van der Waals surface area (Å²) in [7, 11) is -4.26. The molecule has 1 aromatic rings. The molecule has 8 atom stereocenters. The van der Waals surface area contributed by atoms with Crippen LogP contribution in [0, 0.1) is 29.6 Å². The first kappa shape index (κ1) is 52.0. The number of halogens is 1. The molecule has 0 unspecified atom stereocenters. The third-order valence-corrected chi connectivity index (χ3v) is 27.3. The van der Waals surface area contributed by atoms with Crippen LogP contribution >= 0.6 is 22.6 Å². The highest BCUT2D eigenvalue weighted by Gasteiger charge is 2.44. The molecule has 9 heteroatoms. The quantitative estimate of drug-likeness (QED) is 0.0857. The summed E-state index contributed by atoms with van der Waals surface area (Å²) >= 11 is 2.36. The number of benzene rings is 1. The van der Waals surface area contributed by atoms with Crippen LogP contribution in [0.25, 0.3) is 0 Å². The summed E-state index contributed by atoms with van der Waals surface area (Å²) in [6, 6.07) is 8.27. The van der Waals surface area contributed by atoms with Crippen LogP contribution in [-0.4, -0.2) is 57.0 Å². The van der Waals surface area contributed by atoms with E-state index in [0.717, 1.165) is 30.6 Å². The molecule has 1 aromatic carbocycles. The first-order valence-corrected chi connectivity index (χ1v) is 30.9. The van der Waals surface area contributed by atoms with E-state index in [9.17, 15) is 0 Å². The van der Waals surface area contributed by atoms with Crippen LogP contribution in [0.1, 0.15) is 122 Å². The molecule has 5 nitrogen and oxygen atoms in total. The van der Waals surface area contributed by atoms with Crippen LogP contribution in [0.2, 0.25) is 54.4 Å². The van der Waals surface area contributed by atoms with Gasteiger partial charge in [-0.15, -0.1) is 0 Å². The Labute approximate surface area is 352 Å². The molecule has 0 aromatic heterocycles. The second kappa shape index (κ2) is 21.3. The molecule has 0 saturated carbocycles. The predicted octanol–water partition coefficient (Wildman–Crippen LogP) is 14.7. The van der Waals surface area contributed by atoms with Gasteiger partial charge in [0.25, 0.3) is 0 Å². The van der Waals surface area contributed by atoms with E-state index in [2.05, 4.69) is 181 Å². The van der Waals surface area contributed by atoms with Crippen LogP contribution in [-0.2, 0) is 24.6 Å². The Hall–Kier alpha value is -0.0194. The lowest BCUT2D eigenvalue weighted by molar-refractivity contribution is -0.0726. The summed E-state index contributed by atoms with van der Waals surface area (Å²) in [6.07, 6.45) is 5.84. The van der Waals surface area contributed by atoms with Crippen LogP contribution in [0.3, 0.4) is 0 Å². The molecular formula is C45H87IO5Si3. The van der Waals surface area contributed by atoms with Crippen molar-refractivity contribution < 1.29 is 22.8 Å². The molecule has 316 valence electrons. The van der Waals surface area contributed by atoms with Crippen LogP contribution in [0.15, 0.2) is 34.4 Å². The Kier molecular flexibility index (Phi) is 20.5. The number of hydrogen-bond donors (Lipinski definition) is 0. The summed E-state index contributed by atoms with van der Waals surface area (Å²) in [5.41, 5.74) is 1.15. The minimum atomic E-state index is -2.09. The zero-order chi connectivity index (χ0) is 42.1. The zero-order valence-electron chi connectivity index (χ0n) is 39.0. The third-order valence-electron chi connectivity index (χ3n) is 13.4. The van der Waals surface area contributed by atoms with Gasteiger partial charge in [-0.1, -0.05) is 138 Å². The second-order valence-electron chi connectivity index (χ2n) is 21.4. The Balaban J connectivity index is 3.45. The van der Waals surface area contributed by atoms with Gasteiger partial charge in [0.2, 0.25) is 0 Å². The fraction of sp³-hybridized carbons (Fsp3) is 0.822. The highest BCUT2D eigenvalue weighted by atomic mass is 127. The fourth-order valence-electron chi connectivity index (χ4n) is 6.41. The summed E-state index contributed by atoms with van der Waals surface area (Å²) in [5, 5.41) is 0.434. The second-order valence-corrected chi connectivity index (χ2v) is 36.4. The molecule has 0 heterocycles. The molecule has 0 bridgehead atoms. The lowest BCUT2D eigenvalue weighted by Gasteiger charge is -2.44. The monoisotopic (exact) mass is 918 g/mol. The topological polar surface area (TPSA) is 46.2 Å². The molecule has 0 fully saturated rings. The van der Waals surface area contributed by atoms with Gasteiger partial charge in [-0.2, -0.15) is 0 Å². The highest BCUT2D eigenvalue weighted by Crippen LogP contribution is 2.43. The number of rotatable bonds is 22. The number of ether oxygens (including phenoxy) is 2. The average molecular weight is 919 g/mol. The van der Waals surface area contributed by atoms with Gasteiger partial charge >= 0.3 is 0 Å². The maximum atomic E-state index is 7.43. The Morgan fingerprint density at radius 3 is 1.63 bits per heavy atom. The minimum Gasteiger partial charge on any atom is -0.497 e. The van der Waals surface area contributed by atoms with Crippen molar-refractivity contribution in [1.82, 2.24) is 0 Å². The Bertz CT molecular complexity index is 1250. The van der Waals surface area contributed by atoms with Gasteiger partial charge in [-0.25, -0.2) is 0 Å². The number of methoxy groups -OCH3 is 1. The molecule has 0 aliphatic heterocycles. The molecule has 54 heavy (non-hydrogen) atoms. The fourth-order valence-corrected chi connectivity index (χ4v) is 11.1. The molecule has 0 amide bonds. The van der Waals surface area contributed by atoms with Crippen LogP contribution in [0.4, 0.5) is 0 Å². The van der Waals surface area contributed by atoms with Crippen molar-refractivity contribution in [2.24, 2.45) is 29.6 Å². The molecule has 0 spiro atoms. The molecule has 0 aliphatic carbocycles. The van der Waals surface area contributed by atoms with E-state index < -0.39 is 25.0 Å². The van der Waals surface area contributed by atoms with Gasteiger partial charge in [0, 0.05) is 18.4 Å². The summed E-state index contributed by atoms with van der Waals surface area (Å²) < 4.78 is 36.1. The van der Waals surface area contributed by atoms with Crippen molar-refractivity contribution in [3.05, 3.63) is 40.0 Å². The maximum Gasteiger partial charge on any atom is 0.192 e. The summed E-state index contributed by atoms with van der Waals surface area (Å²) in [5.74, 6) is 2.60. The van der Waals surface area contributed by atoms with E-state index in [1.54, 1.807) is 7.11 Å². The maximum absolute atomic E-state index is 7.43. The molecule has 0 radical (unpaired) electrons. The van der Waals surface area contributed by atoms with Crippen molar-refractivity contribution >= 4 is 47.5 Å². The predicted molar refractivity (Wildman–Crippen MR) is 252 cm³/mol. The molecule has 0 saturated heterocycles. The van der Waals surface area contributed by atoms with E-state index in [1.165, 1.54) is 0 Å². The van der Waals surface area contributed by atoms with Crippen molar-refractivity contribution in [1.29, 1.82) is 0 Å². The highest BCUT2D eigenvalue weighted by molar-refractivity contribution is 14.1. The van der Waals surface area contributed by atoms with E-state index in [4.69, 9.17) is 22.8 Å². The lowest BCUT2D eigenvalue weighted by Crippen LogP contribution is -2.49. The molecule has 0 N–H and O–H groups in total. The number of hydrogen-bond acceptors (Lipinski definition) is 5. The normalized spacial score (nSPS) is 18.6. The minimum absolute atomic E-state index is 0.0239. The van der Waals surface area contributed by atoms with Gasteiger partial charge in [-0.05, 0) is 113 Å². The first-order chi connectivity index (χ1) is 24.4. The third kappa shape index (κ3) is 16.0. The van der Waals surface area contributed by atoms with E-state index in [0.29, 0.717) is 31.0 Å². The average Bonchev–Trinajstić information content (AvgIpc) is 3.03. The Morgan fingerprint density at radius 1 is 0.667 bits per heavy atom. The van der Waals surface area contributed by atoms with Crippen molar-refractivity contribution in [2.45, 2.75) is 196 Å². The lowest BCUT2D eigenvalue weighted by atomic mass is 9.83. The zero-order valence-corrected chi connectivity index (χ0v) is 44.2.